The fourth-order valence-corrected chi connectivity index (χ4v) is 3.56. The fraction of sp³-hybridized carbons (Fsp3) is 0.154. The standard InChI is InChI=1S/C26H20Cl2O4/c1-26(2,3)17-7-5-16(6-8-17)25(30)31-18-9-10-19-22(14-18)32-23(24(19)29)13-15-4-11-20(27)21(28)12-15/h4-14H,1-3H3/b23-13-. The van der Waals surface area contributed by atoms with E-state index in [9.17, 15) is 9.59 Å². The molecule has 3 aromatic rings. The van der Waals surface area contributed by atoms with Gasteiger partial charge in [-0.25, -0.2) is 4.79 Å². The monoisotopic (exact) mass is 466 g/mol. The van der Waals surface area contributed by atoms with Crippen molar-refractivity contribution in [3.8, 4) is 11.5 Å². The highest BCUT2D eigenvalue weighted by Crippen LogP contribution is 2.35. The molecule has 32 heavy (non-hydrogen) atoms. The van der Waals surface area contributed by atoms with Gasteiger partial charge in [-0.15, -0.1) is 0 Å². The van der Waals surface area contributed by atoms with E-state index in [1.807, 2.05) is 12.1 Å². The van der Waals surface area contributed by atoms with Gasteiger partial charge in [-0.2, -0.15) is 0 Å². The summed E-state index contributed by atoms with van der Waals surface area (Å²) in [6.45, 7) is 6.32. The van der Waals surface area contributed by atoms with E-state index in [1.54, 1.807) is 48.5 Å². The van der Waals surface area contributed by atoms with Gasteiger partial charge in [0.05, 0.1) is 21.2 Å². The number of fused-ring (bicyclic) bond motifs is 1. The number of Topliss-reactive ketones (excluding diaryl/α,β-unsaturated/α-hetero) is 1. The zero-order valence-corrected chi connectivity index (χ0v) is 19.3. The first-order valence-electron chi connectivity index (χ1n) is 9.98. The Morgan fingerprint density at radius 2 is 1.66 bits per heavy atom. The summed E-state index contributed by atoms with van der Waals surface area (Å²) >= 11 is 12.0. The third-order valence-corrected chi connectivity index (χ3v) is 5.82. The highest BCUT2D eigenvalue weighted by molar-refractivity contribution is 6.42. The predicted octanol–water partition coefficient (Wildman–Crippen LogP) is 7.13. The minimum Gasteiger partial charge on any atom is -0.452 e. The number of rotatable bonds is 3. The van der Waals surface area contributed by atoms with Gasteiger partial charge in [-0.05, 0) is 59.0 Å². The van der Waals surface area contributed by atoms with Gasteiger partial charge in [-0.3, -0.25) is 4.79 Å². The van der Waals surface area contributed by atoms with Crippen LogP contribution in [0.4, 0.5) is 0 Å². The fourth-order valence-electron chi connectivity index (χ4n) is 3.26. The van der Waals surface area contributed by atoms with Gasteiger partial charge in [0, 0.05) is 6.07 Å². The van der Waals surface area contributed by atoms with Gasteiger partial charge >= 0.3 is 5.97 Å². The zero-order chi connectivity index (χ0) is 23.0. The van der Waals surface area contributed by atoms with Crippen LogP contribution < -0.4 is 9.47 Å². The van der Waals surface area contributed by atoms with Crippen LogP contribution >= 0.6 is 23.2 Å². The summed E-state index contributed by atoms with van der Waals surface area (Å²) in [5.41, 5.74) is 2.64. The van der Waals surface area contributed by atoms with E-state index in [2.05, 4.69) is 20.8 Å². The normalized spacial score (nSPS) is 14.3. The van der Waals surface area contributed by atoms with E-state index in [-0.39, 0.29) is 22.7 Å². The molecule has 0 fully saturated rings. The smallest absolute Gasteiger partial charge is 0.343 e. The molecule has 0 radical (unpaired) electrons. The molecule has 0 aromatic heterocycles. The topological polar surface area (TPSA) is 52.6 Å². The van der Waals surface area contributed by atoms with Crippen molar-refractivity contribution in [2.45, 2.75) is 26.2 Å². The molecular formula is C26H20Cl2O4. The van der Waals surface area contributed by atoms with Crippen LogP contribution in [0.25, 0.3) is 6.08 Å². The van der Waals surface area contributed by atoms with Gasteiger partial charge < -0.3 is 9.47 Å². The van der Waals surface area contributed by atoms with E-state index >= 15 is 0 Å². The van der Waals surface area contributed by atoms with Crippen LogP contribution in [-0.2, 0) is 5.41 Å². The second-order valence-corrected chi connectivity index (χ2v) is 9.30. The molecule has 0 atom stereocenters. The van der Waals surface area contributed by atoms with Crippen LogP contribution in [0.5, 0.6) is 11.5 Å². The van der Waals surface area contributed by atoms with Gasteiger partial charge in [0.1, 0.15) is 11.5 Å². The lowest BCUT2D eigenvalue weighted by molar-refractivity contribution is 0.0734. The number of ether oxygens (including phenoxy) is 2. The molecule has 1 aliphatic rings. The summed E-state index contributed by atoms with van der Waals surface area (Å²) in [5, 5.41) is 0.809. The van der Waals surface area contributed by atoms with Gasteiger partial charge in [0.25, 0.3) is 0 Å². The Balaban J connectivity index is 1.51. The number of ketones is 1. The van der Waals surface area contributed by atoms with E-state index in [0.29, 0.717) is 32.5 Å². The maximum Gasteiger partial charge on any atom is 0.343 e. The van der Waals surface area contributed by atoms with E-state index in [4.69, 9.17) is 32.7 Å². The summed E-state index contributed by atoms with van der Waals surface area (Å²) in [6, 6.07) is 17.0. The van der Waals surface area contributed by atoms with Crippen molar-refractivity contribution in [1.29, 1.82) is 0 Å². The second kappa shape index (κ2) is 8.45. The molecule has 0 N–H and O–H groups in total. The maximum absolute atomic E-state index is 12.7. The summed E-state index contributed by atoms with van der Waals surface area (Å²) in [6.07, 6.45) is 1.59. The third kappa shape index (κ3) is 4.57. The van der Waals surface area contributed by atoms with Crippen molar-refractivity contribution in [2.75, 3.05) is 0 Å². The van der Waals surface area contributed by atoms with Crippen LogP contribution in [0.2, 0.25) is 10.0 Å². The highest BCUT2D eigenvalue weighted by Gasteiger charge is 2.28. The number of allylic oxidation sites excluding steroid dienone is 1. The lowest BCUT2D eigenvalue weighted by Crippen LogP contribution is -2.12. The molecule has 4 rings (SSSR count). The quantitative estimate of drug-likeness (QED) is 0.234. The minimum absolute atomic E-state index is 0.00509. The Bertz CT molecular complexity index is 1250. The molecule has 0 saturated heterocycles. The first kappa shape index (κ1) is 22.1. The van der Waals surface area contributed by atoms with Crippen LogP contribution in [0.15, 0.2) is 66.4 Å². The Morgan fingerprint density at radius 1 is 0.938 bits per heavy atom. The number of halogens is 2. The van der Waals surface area contributed by atoms with Crippen molar-refractivity contribution in [3.05, 3.63) is 98.7 Å². The summed E-state index contributed by atoms with van der Waals surface area (Å²) in [4.78, 5) is 25.2. The van der Waals surface area contributed by atoms with Gasteiger partial charge in [0.15, 0.2) is 5.76 Å². The highest BCUT2D eigenvalue weighted by atomic mass is 35.5. The third-order valence-electron chi connectivity index (χ3n) is 5.08. The number of carbonyl (C=O) groups is 2. The number of benzene rings is 3. The number of esters is 1. The van der Waals surface area contributed by atoms with Crippen LogP contribution in [0.3, 0.4) is 0 Å². The maximum atomic E-state index is 12.7. The molecule has 6 heteroatoms. The van der Waals surface area contributed by atoms with Crippen molar-refractivity contribution in [1.82, 2.24) is 0 Å². The van der Waals surface area contributed by atoms with Crippen LogP contribution in [0, 0.1) is 0 Å². The molecule has 0 unspecified atom stereocenters. The molecule has 1 heterocycles. The van der Waals surface area contributed by atoms with E-state index in [0.717, 1.165) is 5.56 Å². The lowest BCUT2D eigenvalue weighted by Gasteiger charge is -2.18. The number of hydrogen-bond donors (Lipinski definition) is 0. The molecule has 162 valence electrons. The Labute approximate surface area is 196 Å². The van der Waals surface area contributed by atoms with Crippen molar-refractivity contribution >= 4 is 41.0 Å². The molecule has 0 saturated carbocycles. The van der Waals surface area contributed by atoms with E-state index in [1.165, 1.54) is 6.07 Å². The largest absolute Gasteiger partial charge is 0.452 e. The summed E-state index contributed by atoms with van der Waals surface area (Å²) in [7, 11) is 0. The Morgan fingerprint density at radius 3 is 2.31 bits per heavy atom. The van der Waals surface area contributed by atoms with Crippen LogP contribution in [0.1, 0.15) is 52.6 Å². The molecule has 4 nitrogen and oxygen atoms in total. The average Bonchev–Trinajstić information content (AvgIpc) is 3.05. The Kier molecular flexibility index (Phi) is 5.85. The van der Waals surface area contributed by atoms with E-state index < -0.39 is 5.97 Å². The average molecular weight is 467 g/mol. The summed E-state index contributed by atoms with van der Waals surface area (Å²) < 4.78 is 11.2. The number of hydrogen-bond acceptors (Lipinski definition) is 4. The lowest BCUT2D eigenvalue weighted by atomic mass is 9.87. The first-order valence-corrected chi connectivity index (χ1v) is 10.7. The van der Waals surface area contributed by atoms with Gasteiger partial charge in [-0.1, -0.05) is 62.2 Å². The SMILES string of the molecule is CC(C)(C)c1ccc(C(=O)Oc2ccc3c(c2)O/C(=C\c2ccc(Cl)c(Cl)c2)C3=O)cc1. The van der Waals surface area contributed by atoms with Crippen LogP contribution in [-0.4, -0.2) is 11.8 Å². The van der Waals surface area contributed by atoms with Crippen molar-refractivity contribution in [2.24, 2.45) is 0 Å². The molecule has 0 bridgehead atoms. The Hall–Kier alpha value is -3.08. The minimum atomic E-state index is -0.485. The predicted molar refractivity (Wildman–Crippen MR) is 126 cm³/mol. The molecular weight excluding hydrogens is 447 g/mol. The second-order valence-electron chi connectivity index (χ2n) is 8.49. The molecule has 0 spiro atoms. The molecule has 3 aromatic carbocycles. The van der Waals surface area contributed by atoms with Gasteiger partial charge in [0.2, 0.25) is 5.78 Å². The molecule has 0 aliphatic carbocycles. The summed E-state index contributed by atoms with van der Waals surface area (Å²) in [5.74, 6) is 0.0228. The number of carbonyl (C=O) groups excluding carboxylic acids is 2. The first-order chi connectivity index (χ1) is 15.1. The zero-order valence-electron chi connectivity index (χ0n) is 17.7. The molecule has 0 amide bonds. The molecule has 1 aliphatic heterocycles. The van der Waals surface area contributed by atoms with Crippen molar-refractivity contribution < 1.29 is 19.1 Å². The van der Waals surface area contributed by atoms with Crippen molar-refractivity contribution in [3.63, 3.8) is 0 Å².